The minimum absolute atomic E-state index is 0.0478. The quantitative estimate of drug-likeness (QED) is 0.483. The average molecular weight is 399 g/mol. The van der Waals surface area contributed by atoms with E-state index in [-0.39, 0.29) is 11.5 Å². The number of hydrogen-bond donors (Lipinski definition) is 1. The van der Waals surface area contributed by atoms with Crippen LogP contribution < -0.4 is 0 Å². The molecule has 0 aromatic rings. The van der Waals surface area contributed by atoms with Crippen molar-refractivity contribution in [1.82, 2.24) is 0 Å². The summed E-state index contributed by atoms with van der Waals surface area (Å²) in [4.78, 5) is 0. The number of fused-ring (bicyclic) bond motifs is 5. The zero-order chi connectivity index (χ0) is 21.0. The van der Waals surface area contributed by atoms with Gasteiger partial charge in [0.15, 0.2) is 0 Å². The Morgan fingerprint density at radius 3 is 2.55 bits per heavy atom. The van der Waals surface area contributed by atoms with Crippen LogP contribution in [0.2, 0.25) is 0 Å². The standard InChI is InChI=1S/C28H46O/c1-19(2)9-7-10-20-11-8-17-27(5)21(20)12-13-23-22(27)14-15-24-26(3,4)25(29)16-18-28(23,24)6/h9,14,20-21,23-25,29H,7-8,10-13,15-18H2,1-6H3/t20?,21-,23+,24+,25+,27-,28-/m1/s1. The van der Waals surface area contributed by atoms with Gasteiger partial charge in [0.1, 0.15) is 0 Å². The molecule has 4 rings (SSSR count). The van der Waals surface area contributed by atoms with Crippen molar-refractivity contribution in [2.45, 2.75) is 112 Å². The van der Waals surface area contributed by atoms with Gasteiger partial charge in [0.05, 0.1) is 6.10 Å². The maximum Gasteiger partial charge on any atom is 0.0594 e. The van der Waals surface area contributed by atoms with Crippen LogP contribution in [0.4, 0.5) is 0 Å². The lowest BCUT2D eigenvalue weighted by Gasteiger charge is -2.64. The van der Waals surface area contributed by atoms with Crippen molar-refractivity contribution >= 4 is 0 Å². The molecule has 0 radical (unpaired) electrons. The Hall–Kier alpha value is -0.560. The zero-order valence-corrected chi connectivity index (χ0v) is 20.1. The van der Waals surface area contributed by atoms with Crippen molar-refractivity contribution in [2.24, 2.45) is 39.9 Å². The minimum Gasteiger partial charge on any atom is -0.393 e. The Bertz CT molecular complexity index is 680. The fraction of sp³-hybridized carbons (Fsp3) is 0.857. The maximum absolute atomic E-state index is 10.8. The highest BCUT2D eigenvalue weighted by Gasteiger charge is 2.60. The number of aliphatic hydroxyl groups is 1. The van der Waals surface area contributed by atoms with Gasteiger partial charge < -0.3 is 5.11 Å². The van der Waals surface area contributed by atoms with E-state index in [1.165, 1.54) is 63.4 Å². The molecular weight excluding hydrogens is 352 g/mol. The van der Waals surface area contributed by atoms with E-state index in [1.807, 2.05) is 5.57 Å². The molecule has 0 aliphatic heterocycles. The van der Waals surface area contributed by atoms with Crippen LogP contribution in [-0.2, 0) is 0 Å². The number of hydrogen-bond acceptors (Lipinski definition) is 1. The highest BCUT2D eigenvalue weighted by Crippen LogP contribution is 2.68. The van der Waals surface area contributed by atoms with Crippen LogP contribution in [0.5, 0.6) is 0 Å². The summed E-state index contributed by atoms with van der Waals surface area (Å²) in [6.07, 6.45) is 18.2. The molecular formula is C28H46O. The van der Waals surface area contributed by atoms with E-state index in [1.54, 1.807) is 0 Å². The third-order valence-electron chi connectivity index (χ3n) is 10.4. The highest BCUT2D eigenvalue weighted by atomic mass is 16.3. The average Bonchev–Trinajstić information content (AvgIpc) is 2.65. The van der Waals surface area contributed by atoms with Crippen molar-refractivity contribution in [3.8, 4) is 0 Å². The van der Waals surface area contributed by atoms with Crippen molar-refractivity contribution in [3.05, 3.63) is 23.3 Å². The number of allylic oxidation sites excluding steroid dienone is 4. The number of rotatable bonds is 3. The van der Waals surface area contributed by atoms with Crippen LogP contribution in [0.25, 0.3) is 0 Å². The van der Waals surface area contributed by atoms with Gasteiger partial charge in [-0.3, -0.25) is 0 Å². The van der Waals surface area contributed by atoms with Gasteiger partial charge in [-0.25, -0.2) is 0 Å². The third kappa shape index (κ3) is 3.38. The van der Waals surface area contributed by atoms with E-state index in [2.05, 4.69) is 53.7 Å². The molecule has 1 N–H and O–H groups in total. The van der Waals surface area contributed by atoms with Gasteiger partial charge in [-0.1, -0.05) is 63.8 Å². The summed E-state index contributed by atoms with van der Waals surface area (Å²) in [7, 11) is 0. The van der Waals surface area contributed by atoms with E-state index < -0.39 is 0 Å². The summed E-state index contributed by atoms with van der Waals surface area (Å²) in [6, 6.07) is 0. The van der Waals surface area contributed by atoms with Crippen molar-refractivity contribution < 1.29 is 5.11 Å². The van der Waals surface area contributed by atoms with Crippen LogP contribution >= 0.6 is 0 Å². The molecule has 0 spiro atoms. The summed E-state index contributed by atoms with van der Waals surface area (Å²) in [6.45, 7) is 14.4. The molecule has 0 bridgehead atoms. The Morgan fingerprint density at radius 2 is 1.83 bits per heavy atom. The van der Waals surface area contributed by atoms with Gasteiger partial charge in [-0.2, -0.15) is 0 Å². The molecule has 0 heterocycles. The number of aliphatic hydroxyl groups excluding tert-OH is 1. The molecule has 0 amide bonds. The third-order valence-corrected chi connectivity index (χ3v) is 10.4. The summed E-state index contributed by atoms with van der Waals surface area (Å²) in [5.74, 6) is 3.20. The second-order valence-electron chi connectivity index (χ2n) is 12.5. The molecule has 1 heteroatoms. The monoisotopic (exact) mass is 398 g/mol. The van der Waals surface area contributed by atoms with Crippen LogP contribution in [0.1, 0.15) is 106 Å². The zero-order valence-electron chi connectivity index (χ0n) is 20.1. The van der Waals surface area contributed by atoms with E-state index in [0.717, 1.165) is 24.2 Å². The van der Waals surface area contributed by atoms with Crippen molar-refractivity contribution in [3.63, 3.8) is 0 Å². The lowest BCUT2D eigenvalue weighted by atomic mass is 9.41. The topological polar surface area (TPSA) is 20.2 Å². The van der Waals surface area contributed by atoms with Gasteiger partial charge in [0.2, 0.25) is 0 Å². The highest BCUT2D eigenvalue weighted by molar-refractivity contribution is 5.30. The fourth-order valence-electron chi connectivity index (χ4n) is 8.75. The van der Waals surface area contributed by atoms with Gasteiger partial charge in [0.25, 0.3) is 0 Å². The SMILES string of the molecule is CC(C)=CCCC1CCC[C@@]2(C)C3=CC[C@H]4C(C)(C)[C@@H](O)CC[C@]4(C)[C@H]3CC[C@H]12. The van der Waals surface area contributed by atoms with Gasteiger partial charge in [-0.05, 0) is 105 Å². The van der Waals surface area contributed by atoms with Crippen LogP contribution in [0.15, 0.2) is 23.3 Å². The van der Waals surface area contributed by atoms with Gasteiger partial charge >= 0.3 is 0 Å². The molecule has 29 heavy (non-hydrogen) atoms. The van der Waals surface area contributed by atoms with Gasteiger partial charge in [-0.15, -0.1) is 0 Å². The molecule has 0 saturated heterocycles. The molecule has 4 aliphatic rings. The molecule has 164 valence electrons. The van der Waals surface area contributed by atoms with E-state index in [0.29, 0.717) is 16.7 Å². The van der Waals surface area contributed by atoms with E-state index in [9.17, 15) is 5.11 Å². The largest absolute Gasteiger partial charge is 0.393 e. The predicted octanol–water partition coefficient (Wildman–Crippen LogP) is 7.70. The molecule has 4 aliphatic carbocycles. The van der Waals surface area contributed by atoms with Crippen LogP contribution in [0, 0.1) is 39.9 Å². The summed E-state index contributed by atoms with van der Waals surface area (Å²) >= 11 is 0. The molecule has 0 aromatic carbocycles. The second-order valence-corrected chi connectivity index (χ2v) is 12.5. The Morgan fingerprint density at radius 1 is 1.07 bits per heavy atom. The Balaban J connectivity index is 1.62. The van der Waals surface area contributed by atoms with Gasteiger partial charge in [0, 0.05) is 0 Å². The first-order valence-electron chi connectivity index (χ1n) is 12.6. The molecule has 0 aromatic heterocycles. The molecule has 1 unspecified atom stereocenters. The van der Waals surface area contributed by atoms with E-state index in [4.69, 9.17) is 0 Å². The Labute approximate surface area is 180 Å². The van der Waals surface area contributed by atoms with Crippen molar-refractivity contribution in [1.29, 1.82) is 0 Å². The predicted molar refractivity (Wildman–Crippen MR) is 124 cm³/mol. The molecule has 7 atom stereocenters. The first-order chi connectivity index (χ1) is 13.6. The first kappa shape index (κ1) is 21.7. The molecule has 3 fully saturated rings. The second kappa shape index (κ2) is 7.54. The summed E-state index contributed by atoms with van der Waals surface area (Å²) < 4.78 is 0. The lowest BCUT2D eigenvalue weighted by Crippen LogP contribution is -2.57. The fourth-order valence-corrected chi connectivity index (χ4v) is 8.75. The Kier molecular flexibility index (Phi) is 5.63. The normalized spacial score (nSPS) is 46.0. The van der Waals surface area contributed by atoms with Crippen LogP contribution in [0.3, 0.4) is 0 Å². The summed E-state index contributed by atoms with van der Waals surface area (Å²) in [5, 5.41) is 10.8. The first-order valence-corrected chi connectivity index (χ1v) is 12.6. The molecule has 3 saturated carbocycles. The minimum atomic E-state index is -0.128. The van der Waals surface area contributed by atoms with Crippen molar-refractivity contribution in [2.75, 3.05) is 0 Å². The van der Waals surface area contributed by atoms with E-state index >= 15 is 0 Å². The maximum atomic E-state index is 10.8. The molecule has 1 nitrogen and oxygen atoms in total. The smallest absolute Gasteiger partial charge is 0.0594 e. The lowest BCUT2D eigenvalue weighted by molar-refractivity contribution is -0.129. The van der Waals surface area contributed by atoms with Crippen LogP contribution in [-0.4, -0.2) is 11.2 Å². The summed E-state index contributed by atoms with van der Waals surface area (Å²) in [5.41, 5.74) is 4.20.